The molecular formula is C18H30N2. The van der Waals surface area contributed by atoms with Crippen molar-refractivity contribution in [3.05, 3.63) is 34.4 Å². The predicted molar refractivity (Wildman–Crippen MR) is 87.1 cm³/mol. The quantitative estimate of drug-likeness (QED) is 0.894. The summed E-state index contributed by atoms with van der Waals surface area (Å²) in [6, 6.07) is 5.16. The molecule has 1 aliphatic heterocycles. The molecule has 1 fully saturated rings. The lowest BCUT2D eigenvalue weighted by atomic mass is 9.83. The minimum absolute atomic E-state index is 0.228. The summed E-state index contributed by atoms with van der Waals surface area (Å²) in [5.74, 6) is 0. The van der Waals surface area contributed by atoms with E-state index in [-0.39, 0.29) is 5.41 Å². The first-order valence-electron chi connectivity index (χ1n) is 7.86. The molecule has 0 radical (unpaired) electrons. The van der Waals surface area contributed by atoms with Gasteiger partial charge >= 0.3 is 0 Å². The van der Waals surface area contributed by atoms with Gasteiger partial charge in [0.2, 0.25) is 0 Å². The number of piperidine rings is 1. The number of likely N-dealkylation sites (tertiary alicyclic amines) is 1. The van der Waals surface area contributed by atoms with Gasteiger partial charge in [0.15, 0.2) is 0 Å². The van der Waals surface area contributed by atoms with Gasteiger partial charge in [-0.15, -0.1) is 0 Å². The second-order valence-corrected chi connectivity index (χ2v) is 7.45. The number of nitrogens with two attached hydrogens (primary N) is 1. The molecule has 1 aromatic carbocycles. The summed E-state index contributed by atoms with van der Waals surface area (Å²) in [6.45, 7) is 14.7. The molecule has 0 bridgehead atoms. The van der Waals surface area contributed by atoms with Crippen molar-refractivity contribution in [1.82, 2.24) is 4.90 Å². The van der Waals surface area contributed by atoms with Gasteiger partial charge in [-0.1, -0.05) is 32.9 Å². The Morgan fingerprint density at radius 2 is 1.60 bits per heavy atom. The van der Waals surface area contributed by atoms with Crippen LogP contribution in [0.5, 0.6) is 0 Å². The first-order valence-corrected chi connectivity index (χ1v) is 7.86. The van der Waals surface area contributed by atoms with Crippen LogP contribution in [0.2, 0.25) is 0 Å². The number of hydrogen-bond acceptors (Lipinski definition) is 2. The number of benzene rings is 1. The van der Waals surface area contributed by atoms with Gasteiger partial charge < -0.3 is 5.73 Å². The van der Waals surface area contributed by atoms with Gasteiger partial charge in [0.05, 0.1) is 0 Å². The Morgan fingerprint density at radius 1 is 1.10 bits per heavy atom. The zero-order chi connectivity index (χ0) is 14.9. The Hall–Kier alpha value is -0.860. The molecule has 1 aromatic rings. The lowest BCUT2D eigenvalue weighted by Gasteiger charge is -2.31. The van der Waals surface area contributed by atoms with Crippen LogP contribution in [0.1, 0.15) is 55.9 Å². The molecule has 1 saturated heterocycles. The lowest BCUT2D eigenvalue weighted by molar-refractivity contribution is 0.205. The number of hydrogen-bond donors (Lipinski definition) is 1. The van der Waals surface area contributed by atoms with E-state index in [2.05, 4.69) is 51.7 Å². The highest BCUT2D eigenvalue weighted by Gasteiger charge is 2.19. The standard InChI is InChI=1S/C18H30N2/c1-13-10-15(18(3,4)5)11-14(2)17(13)12-20-8-6-16(19)7-9-20/h10-11,16H,6-9,12,19H2,1-5H3. The van der Waals surface area contributed by atoms with E-state index in [4.69, 9.17) is 5.73 Å². The Morgan fingerprint density at radius 3 is 2.05 bits per heavy atom. The fourth-order valence-corrected chi connectivity index (χ4v) is 3.01. The van der Waals surface area contributed by atoms with Gasteiger partial charge in [-0.3, -0.25) is 4.90 Å². The zero-order valence-corrected chi connectivity index (χ0v) is 13.8. The van der Waals surface area contributed by atoms with Crippen molar-refractivity contribution in [3.63, 3.8) is 0 Å². The molecule has 0 unspecified atom stereocenters. The first-order chi connectivity index (χ1) is 9.27. The Balaban J connectivity index is 2.16. The average Bonchev–Trinajstić information content (AvgIpc) is 2.34. The van der Waals surface area contributed by atoms with E-state index in [9.17, 15) is 0 Å². The van der Waals surface area contributed by atoms with Crippen molar-refractivity contribution >= 4 is 0 Å². The van der Waals surface area contributed by atoms with Gasteiger partial charge in [-0.2, -0.15) is 0 Å². The van der Waals surface area contributed by atoms with Crippen LogP contribution in [0.4, 0.5) is 0 Å². The van der Waals surface area contributed by atoms with Crippen LogP contribution in [-0.4, -0.2) is 24.0 Å². The highest BCUT2D eigenvalue weighted by molar-refractivity contribution is 5.40. The maximum Gasteiger partial charge on any atom is 0.0239 e. The summed E-state index contributed by atoms with van der Waals surface area (Å²) in [4.78, 5) is 2.55. The fraction of sp³-hybridized carbons (Fsp3) is 0.667. The smallest absolute Gasteiger partial charge is 0.0239 e. The van der Waals surface area contributed by atoms with Crippen LogP contribution in [0, 0.1) is 13.8 Å². The van der Waals surface area contributed by atoms with Crippen molar-refractivity contribution < 1.29 is 0 Å². The normalized spacial score (nSPS) is 18.5. The van der Waals surface area contributed by atoms with E-state index < -0.39 is 0 Å². The second kappa shape index (κ2) is 5.87. The summed E-state index contributed by atoms with van der Waals surface area (Å²) in [7, 11) is 0. The summed E-state index contributed by atoms with van der Waals surface area (Å²) in [5, 5.41) is 0. The van der Waals surface area contributed by atoms with E-state index in [0.29, 0.717) is 6.04 Å². The Kier molecular flexibility index (Phi) is 4.55. The highest BCUT2D eigenvalue weighted by atomic mass is 15.1. The second-order valence-electron chi connectivity index (χ2n) is 7.45. The Bertz CT molecular complexity index is 440. The fourth-order valence-electron chi connectivity index (χ4n) is 3.01. The van der Waals surface area contributed by atoms with Crippen LogP contribution >= 0.6 is 0 Å². The molecule has 1 heterocycles. The monoisotopic (exact) mass is 274 g/mol. The summed E-state index contributed by atoms with van der Waals surface area (Å²) >= 11 is 0. The summed E-state index contributed by atoms with van der Waals surface area (Å²) < 4.78 is 0. The molecule has 112 valence electrons. The third kappa shape index (κ3) is 3.62. The molecule has 0 aliphatic carbocycles. The zero-order valence-electron chi connectivity index (χ0n) is 13.8. The van der Waals surface area contributed by atoms with Gasteiger partial charge in [0.25, 0.3) is 0 Å². The van der Waals surface area contributed by atoms with Crippen molar-refractivity contribution in [3.8, 4) is 0 Å². The van der Waals surface area contributed by atoms with Crippen LogP contribution in [0.3, 0.4) is 0 Å². The largest absolute Gasteiger partial charge is 0.328 e. The van der Waals surface area contributed by atoms with E-state index in [0.717, 1.165) is 32.5 Å². The van der Waals surface area contributed by atoms with Gasteiger partial charge in [-0.25, -0.2) is 0 Å². The minimum Gasteiger partial charge on any atom is -0.328 e. The van der Waals surface area contributed by atoms with E-state index in [1.165, 1.54) is 22.3 Å². The number of nitrogens with zero attached hydrogens (tertiary/aromatic N) is 1. The molecule has 20 heavy (non-hydrogen) atoms. The van der Waals surface area contributed by atoms with Crippen LogP contribution < -0.4 is 5.73 Å². The predicted octanol–water partition coefficient (Wildman–Crippen LogP) is 3.52. The van der Waals surface area contributed by atoms with Gasteiger partial charge in [0, 0.05) is 12.6 Å². The first kappa shape index (κ1) is 15.5. The maximum absolute atomic E-state index is 5.99. The highest BCUT2D eigenvalue weighted by Crippen LogP contribution is 2.28. The third-order valence-corrected chi connectivity index (χ3v) is 4.58. The Labute approximate surface area is 124 Å². The van der Waals surface area contributed by atoms with Crippen molar-refractivity contribution in [2.45, 2.75) is 65.5 Å². The lowest BCUT2D eigenvalue weighted by Crippen LogP contribution is -2.39. The summed E-state index contributed by atoms with van der Waals surface area (Å²) in [5.41, 5.74) is 12.0. The van der Waals surface area contributed by atoms with Crippen molar-refractivity contribution in [2.24, 2.45) is 5.73 Å². The molecule has 2 N–H and O–H groups in total. The van der Waals surface area contributed by atoms with Gasteiger partial charge in [0.1, 0.15) is 0 Å². The topological polar surface area (TPSA) is 29.3 Å². The van der Waals surface area contributed by atoms with E-state index in [1.54, 1.807) is 0 Å². The van der Waals surface area contributed by atoms with Crippen LogP contribution in [0.25, 0.3) is 0 Å². The maximum atomic E-state index is 5.99. The molecule has 2 rings (SSSR count). The SMILES string of the molecule is Cc1cc(C(C)(C)C)cc(C)c1CN1CCC(N)CC1. The van der Waals surface area contributed by atoms with Crippen LogP contribution in [0.15, 0.2) is 12.1 Å². The van der Waals surface area contributed by atoms with Crippen molar-refractivity contribution in [1.29, 1.82) is 0 Å². The molecule has 0 spiro atoms. The van der Waals surface area contributed by atoms with Crippen molar-refractivity contribution in [2.75, 3.05) is 13.1 Å². The van der Waals surface area contributed by atoms with Crippen LogP contribution in [-0.2, 0) is 12.0 Å². The molecule has 0 amide bonds. The molecular weight excluding hydrogens is 244 g/mol. The number of aryl methyl sites for hydroxylation is 2. The number of rotatable bonds is 2. The molecule has 0 atom stereocenters. The van der Waals surface area contributed by atoms with Gasteiger partial charge in [-0.05, 0) is 67.4 Å². The van der Waals surface area contributed by atoms with E-state index in [1.807, 2.05) is 0 Å². The molecule has 0 aromatic heterocycles. The molecule has 1 aliphatic rings. The molecule has 2 nitrogen and oxygen atoms in total. The average molecular weight is 274 g/mol. The third-order valence-electron chi connectivity index (χ3n) is 4.58. The minimum atomic E-state index is 0.228. The van der Waals surface area contributed by atoms with E-state index >= 15 is 0 Å². The summed E-state index contributed by atoms with van der Waals surface area (Å²) in [6.07, 6.45) is 2.27. The molecule has 0 saturated carbocycles. The molecule has 2 heteroatoms.